The molecule has 1 aromatic carbocycles. The van der Waals surface area contributed by atoms with Crippen LogP contribution in [0.2, 0.25) is 0 Å². The minimum atomic E-state index is -4.26. The van der Waals surface area contributed by atoms with Gasteiger partial charge in [-0.3, -0.25) is 0 Å². The first-order valence-corrected chi connectivity index (χ1v) is 4.59. The molecular formula is C9H7F3NS-. The molecule has 0 aromatic heterocycles. The average Bonchev–Trinajstić information content (AvgIpc) is 2.02. The van der Waals surface area contributed by atoms with Crippen molar-refractivity contribution >= 4 is 17.5 Å². The Kier molecular flexibility index (Phi) is 3.21. The van der Waals surface area contributed by atoms with Crippen molar-refractivity contribution in [1.82, 2.24) is 0 Å². The van der Waals surface area contributed by atoms with E-state index in [1.807, 2.05) is 0 Å². The zero-order chi connectivity index (χ0) is 10.8. The first kappa shape index (κ1) is 11.1. The summed E-state index contributed by atoms with van der Waals surface area (Å²) in [6, 6.07) is 5.55. The molecule has 0 saturated heterocycles. The maximum atomic E-state index is 11.9. The van der Waals surface area contributed by atoms with Crippen LogP contribution in [0.25, 0.3) is 5.41 Å². The van der Waals surface area contributed by atoms with Crippen molar-refractivity contribution in [3.05, 3.63) is 35.2 Å². The zero-order valence-electron chi connectivity index (χ0n) is 7.30. The second-order valence-electron chi connectivity index (χ2n) is 2.66. The molecule has 0 aliphatic heterocycles. The maximum Gasteiger partial charge on any atom is 0.446 e. The van der Waals surface area contributed by atoms with Gasteiger partial charge in [0.05, 0.1) is 0 Å². The zero-order valence-corrected chi connectivity index (χ0v) is 8.12. The fourth-order valence-electron chi connectivity index (χ4n) is 0.898. The third-order valence-corrected chi connectivity index (χ3v) is 2.24. The van der Waals surface area contributed by atoms with Crippen LogP contribution in [-0.2, 0) is 0 Å². The van der Waals surface area contributed by atoms with Crippen molar-refractivity contribution < 1.29 is 13.2 Å². The summed E-state index contributed by atoms with van der Waals surface area (Å²) in [5, 5.41) is 9.03. The largest absolute Gasteiger partial charge is 0.807 e. The van der Waals surface area contributed by atoms with Crippen LogP contribution in [0.15, 0.2) is 29.2 Å². The van der Waals surface area contributed by atoms with Gasteiger partial charge >= 0.3 is 5.51 Å². The van der Waals surface area contributed by atoms with E-state index in [0.29, 0.717) is 5.56 Å². The molecule has 0 radical (unpaired) electrons. The van der Waals surface area contributed by atoms with Gasteiger partial charge in [0.25, 0.3) is 0 Å². The molecule has 0 atom stereocenters. The van der Waals surface area contributed by atoms with Crippen molar-refractivity contribution in [3.63, 3.8) is 0 Å². The second-order valence-corrected chi connectivity index (χ2v) is 3.80. The lowest BCUT2D eigenvalue weighted by atomic mass is 10.1. The van der Waals surface area contributed by atoms with E-state index in [1.54, 1.807) is 0 Å². The summed E-state index contributed by atoms with van der Waals surface area (Å²) in [4.78, 5) is 0.113. The molecular weight excluding hydrogens is 211 g/mol. The average molecular weight is 218 g/mol. The van der Waals surface area contributed by atoms with Crippen LogP contribution in [-0.4, -0.2) is 11.2 Å². The molecule has 0 N–H and O–H groups in total. The summed E-state index contributed by atoms with van der Waals surface area (Å²) in [7, 11) is 0. The first-order valence-electron chi connectivity index (χ1n) is 3.77. The van der Waals surface area contributed by atoms with E-state index in [0.717, 1.165) is 0 Å². The second kappa shape index (κ2) is 4.04. The molecule has 1 aromatic rings. The smallest absolute Gasteiger partial charge is 0.446 e. The van der Waals surface area contributed by atoms with E-state index >= 15 is 0 Å². The van der Waals surface area contributed by atoms with Gasteiger partial charge in [0.2, 0.25) is 0 Å². The van der Waals surface area contributed by atoms with Crippen LogP contribution in [0.4, 0.5) is 13.2 Å². The fraction of sp³-hybridized carbons (Fsp3) is 0.222. The summed E-state index contributed by atoms with van der Waals surface area (Å²) in [6.45, 7) is 1.48. The third kappa shape index (κ3) is 3.41. The van der Waals surface area contributed by atoms with Gasteiger partial charge in [0, 0.05) is 4.90 Å². The van der Waals surface area contributed by atoms with E-state index in [4.69, 9.17) is 5.41 Å². The molecule has 0 aliphatic carbocycles. The lowest BCUT2D eigenvalue weighted by Crippen LogP contribution is -1.99. The lowest BCUT2D eigenvalue weighted by molar-refractivity contribution is -0.0328. The van der Waals surface area contributed by atoms with E-state index in [2.05, 4.69) is 0 Å². The monoisotopic (exact) mass is 218 g/mol. The Hall–Kier alpha value is -0.970. The molecule has 5 heteroatoms. The number of alkyl halides is 3. The molecule has 0 spiro atoms. The predicted molar refractivity (Wildman–Crippen MR) is 51.5 cm³/mol. The van der Waals surface area contributed by atoms with Crippen molar-refractivity contribution in [2.75, 3.05) is 0 Å². The fourth-order valence-corrected chi connectivity index (χ4v) is 1.44. The highest BCUT2D eigenvalue weighted by Crippen LogP contribution is 2.36. The van der Waals surface area contributed by atoms with Crippen LogP contribution < -0.4 is 0 Å². The Balaban J connectivity index is 2.79. The van der Waals surface area contributed by atoms with Crippen molar-refractivity contribution in [1.29, 1.82) is 0 Å². The Morgan fingerprint density at radius 3 is 2.07 bits per heavy atom. The van der Waals surface area contributed by atoms with Crippen molar-refractivity contribution in [2.24, 2.45) is 0 Å². The Bertz CT molecular complexity index is 329. The van der Waals surface area contributed by atoms with Gasteiger partial charge in [0.15, 0.2) is 0 Å². The maximum absolute atomic E-state index is 11.9. The van der Waals surface area contributed by atoms with Crippen LogP contribution in [0.1, 0.15) is 12.5 Å². The molecule has 1 nitrogen and oxygen atoms in total. The number of nitrogens with zero attached hydrogens (tertiary/aromatic N) is 1. The summed E-state index contributed by atoms with van der Waals surface area (Å²) in [5.74, 6) is 0. The van der Waals surface area contributed by atoms with Crippen LogP contribution in [0, 0.1) is 0 Å². The highest BCUT2D eigenvalue weighted by Gasteiger charge is 2.28. The predicted octanol–water partition coefficient (Wildman–Crippen LogP) is 3.68. The van der Waals surface area contributed by atoms with Gasteiger partial charge in [-0.05, 0) is 29.5 Å². The highest BCUT2D eigenvalue weighted by atomic mass is 32.2. The molecule has 0 heterocycles. The Morgan fingerprint density at radius 1 is 1.21 bits per heavy atom. The van der Waals surface area contributed by atoms with Gasteiger partial charge in [-0.15, -0.1) is 0 Å². The van der Waals surface area contributed by atoms with E-state index in [1.165, 1.54) is 31.2 Å². The molecule has 0 saturated carbocycles. The minimum Gasteiger partial charge on any atom is -0.807 e. The third-order valence-electron chi connectivity index (χ3n) is 1.51. The molecule has 76 valence electrons. The molecule has 14 heavy (non-hydrogen) atoms. The van der Waals surface area contributed by atoms with Gasteiger partial charge < -0.3 is 5.41 Å². The Morgan fingerprint density at radius 2 is 1.71 bits per heavy atom. The molecule has 0 aliphatic rings. The lowest BCUT2D eigenvalue weighted by Gasteiger charge is -2.08. The van der Waals surface area contributed by atoms with Gasteiger partial charge in [0.1, 0.15) is 0 Å². The minimum absolute atomic E-state index is 0.0913. The summed E-state index contributed by atoms with van der Waals surface area (Å²) in [6.07, 6.45) is 0. The number of benzene rings is 1. The summed E-state index contributed by atoms with van der Waals surface area (Å²) < 4.78 is 35.7. The van der Waals surface area contributed by atoms with Gasteiger partial charge in [-0.1, -0.05) is 19.1 Å². The molecule has 0 fully saturated rings. The summed E-state index contributed by atoms with van der Waals surface area (Å²) in [5.41, 5.74) is -3.65. The highest BCUT2D eigenvalue weighted by molar-refractivity contribution is 8.00. The Labute approximate surface area is 83.8 Å². The van der Waals surface area contributed by atoms with Crippen molar-refractivity contribution in [2.45, 2.75) is 17.3 Å². The van der Waals surface area contributed by atoms with Crippen LogP contribution >= 0.6 is 11.8 Å². The normalized spacial score (nSPS) is 11.4. The molecule has 0 amide bonds. The number of rotatable bonds is 2. The van der Waals surface area contributed by atoms with Crippen molar-refractivity contribution in [3.8, 4) is 0 Å². The van der Waals surface area contributed by atoms with E-state index in [9.17, 15) is 13.2 Å². The quantitative estimate of drug-likeness (QED) is 0.548. The molecule has 1 rings (SSSR count). The van der Waals surface area contributed by atoms with E-state index in [-0.39, 0.29) is 22.4 Å². The molecule has 0 bridgehead atoms. The number of halogens is 3. The van der Waals surface area contributed by atoms with E-state index < -0.39 is 5.51 Å². The van der Waals surface area contributed by atoms with Crippen LogP contribution in [0.5, 0.6) is 0 Å². The summed E-state index contributed by atoms with van der Waals surface area (Å²) >= 11 is -0.170. The SMILES string of the molecule is CC(=[N-])c1ccc(SC(F)(F)F)cc1. The standard InChI is InChI=1S/C9H7F3NS/c1-6(13)7-2-4-8(5-3-7)14-9(10,11)12/h2-5H,1H3/q-1. The topological polar surface area (TPSA) is 22.3 Å². The number of thioether (sulfide) groups is 1. The van der Waals surface area contributed by atoms with Gasteiger partial charge in [-0.2, -0.15) is 18.9 Å². The van der Waals surface area contributed by atoms with Gasteiger partial charge in [-0.25, -0.2) is 0 Å². The van der Waals surface area contributed by atoms with Crippen LogP contribution in [0.3, 0.4) is 0 Å². The number of hydrogen-bond acceptors (Lipinski definition) is 1. The number of hydrogen-bond donors (Lipinski definition) is 0. The molecule has 0 unspecified atom stereocenters. The first-order chi connectivity index (χ1) is 6.38.